The highest BCUT2D eigenvalue weighted by molar-refractivity contribution is 5.03. The molecule has 2 N–H and O–H groups in total. The van der Waals surface area contributed by atoms with E-state index in [4.69, 9.17) is 10.5 Å². The molecule has 0 amide bonds. The van der Waals surface area contributed by atoms with E-state index in [1.54, 1.807) is 0 Å². The van der Waals surface area contributed by atoms with Gasteiger partial charge >= 0.3 is 0 Å². The smallest absolute Gasteiger partial charge is 0.0820 e. The number of hydrogen-bond donors (Lipinski definition) is 1. The summed E-state index contributed by atoms with van der Waals surface area (Å²) in [5.41, 5.74) is 6.65. The summed E-state index contributed by atoms with van der Waals surface area (Å²) < 4.78 is 5.44. The molecule has 0 bridgehead atoms. The Hall–Kier alpha value is -0.340. The van der Waals surface area contributed by atoms with Gasteiger partial charge in [-0.15, -0.1) is 0 Å². The fourth-order valence-electron chi connectivity index (χ4n) is 1.42. The van der Waals surface area contributed by atoms with E-state index in [-0.39, 0.29) is 6.10 Å². The second kappa shape index (κ2) is 3.17. The first-order valence-corrected chi connectivity index (χ1v) is 3.72. The van der Waals surface area contributed by atoms with Crippen LogP contribution in [0.15, 0.2) is 12.2 Å². The van der Waals surface area contributed by atoms with E-state index in [0.29, 0.717) is 5.92 Å². The van der Waals surface area contributed by atoms with Gasteiger partial charge in [-0.05, 0) is 19.9 Å². The molecule has 2 heteroatoms. The molecular weight excluding hydrogens is 126 g/mol. The van der Waals surface area contributed by atoms with Crippen LogP contribution in [0.5, 0.6) is 0 Å². The lowest BCUT2D eigenvalue weighted by Gasteiger charge is -2.15. The Morgan fingerprint density at radius 3 is 2.90 bits per heavy atom. The Morgan fingerprint density at radius 2 is 2.50 bits per heavy atom. The van der Waals surface area contributed by atoms with E-state index in [2.05, 4.69) is 6.58 Å². The molecule has 1 rings (SSSR count). The van der Waals surface area contributed by atoms with Gasteiger partial charge in [-0.3, -0.25) is 0 Å². The van der Waals surface area contributed by atoms with E-state index in [1.165, 1.54) is 0 Å². The maximum absolute atomic E-state index is 5.54. The van der Waals surface area contributed by atoms with E-state index in [0.717, 1.165) is 25.1 Å². The van der Waals surface area contributed by atoms with Crippen molar-refractivity contribution in [2.45, 2.75) is 19.4 Å². The summed E-state index contributed by atoms with van der Waals surface area (Å²) in [6.45, 7) is 7.42. The molecule has 2 atom stereocenters. The Morgan fingerprint density at radius 1 is 1.80 bits per heavy atom. The van der Waals surface area contributed by atoms with Crippen molar-refractivity contribution >= 4 is 0 Å². The van der Waals surface area contributed by atoms with Crippen LogP contribution in [0, 0.1) is 5.92 Å². The van der Waals surface area contributed by atoms with Gasteiger partial charge in [-0.25, -0.2) is 0 Å². The van der Waals surface area contributed by atoms with Crippen LogP contribution in [-0.2, 0) is 4.74 Å². The first kappa shape index (κ1) is 7.76. The minimum absolute atomic E-state index is 0.227. The SMILES string of the molecule is C=C(C)C1OCCC1CN. The zero-order valence-electron chi connectivity index (χ0n) is 6.47. The lowest BCUT2D eigenvalue weighted by atomic mass is 9.97. The fourth-order valence-corrected chi connectivity index (χ4v) is 1.42. The first-order chi connectivity index (χ1) is 4.75. The zero-order valence-corrected chi connectivity index (χ0v) is 6.47. The summed E-state index contributed by atoms with van der Waals surface area (Å²) in [5.74, 6) is 0.512. The normalized spacial score (nSPS) is 32.6. The number of ether oxygens (including phenoxy) is 1. The van der Waals surface area contributed by atoms with Crippen molar-refractivity contribution in [2.75, 3.05) is 13.2 Å². The average Bonchev–Trinajstić information content (AvgIpc) is 2.33. The van der Waals surface area contributed by atoms with Crippen LogP contribution in [0.3, 0.4) is 0 Å². The van der Waals surface area contributed by atoms with E-state index in [9.17, 15) is 0 Å². The van der Waals surface area contributed by atoms with Crippen molar-refractivity contribution < 1.29 is 4.74 Å². The van der Waals surface area contributed by atoms with Crippen molar-refractivity contribution in [3.05, 3.63) is 12.2 Å². The summed E-state index contributed by atoms with van der Waals surface area (Å²) in [6, 6.07) is 0. The van der Waals surface area contributed by atoms with Gasteiger partial charge in [0.1, 0.15) is 0 Å². The van der Waals surface area contributed by atoms with Crippen molar-refractivity contribution in [3.8, 4) is 0 Å². The number of hydrogen-bond acceptors (Lipinski definition) is 2. The summed E-state index contributed by atoms with van der Waals surface area (Å²) in [5, 5.41) is 0. The van der Waals surface area contributed by atoms with E-state index in [1.807, 2.05) is 6.92 Å². The van der Waals surface area contributed by atoms with Crippen LogP contribution in [0.25, 0.3) is 0 Å². The lowest BCUT2D eigenvalue weighted by molar-refractivity contribution is 0.120. The van der Waals surface area contributed by atoms with Gasteiger partial charge in [0.05, 0.1) is 6.10 Å². The largest absolute Gasteiger partial charge is 0.374 e. The van der Waals surface area contributed by atoms with Crippen molar-refractivity contribution in [2.24, 2.45) is 11.7 Å². The van der Waals surface area contributed by atoms with Crippen molar-refractivity contribution in [3.63, 3.8) is 0 Å². The second-order valence-corrected chi connectivity index (χ2v) is 2.92. The van der Waals surface area contributed by atoms with Crippen molar-refractivity contribution in [1.82, 2.24) is 0 Å². The maximum Gasteiger partial charge on any atom is 0.0820 e. The minimum atomic E-state index is 0.227. The van der Waals surface area contributed by atoms with Gasteiger partial charge in [-0.1, -0.05) is 12.2 Å². The molecule has 1 aliphatic rings. The first-order valence-electron chi connectivity index (χ1n) is 3.72. The quantitative estimate of drug-likeness (QED) is 0.580. The third-order valence-corrected chi connectivity index (χ3v) is 2.00. The Balaban J connectivity index is 2.50. The summed E-state index contributed by atoms with van der Waals surface area (Å²) >= 11 is 0. The summed E-state index contributed by atoms with van der Waals surface area (Å²) in [7, 11) is 0. The highest BCUT2D eigenvalue weighted by Gasteiger charge is 2.26. The molecule has 0 aromatic rings. The maximum atomic E-state index is 5.54. The van der Waals surface area contributed by atoms with E-state index < -0.39 is 0 Å². The molecule has 0 saturated carbocycles. The van der Waals surface area contributed by atoms with Gasteiger partial charge < -0.3 is 10.5 Å². The highest BCUT2D eigenvalue weighted by Crippen LogP contribution is 2.24. The molecule has 1 fully saturated rings. The van der Waals surface area contributed by atoms with Gasteiger partial charge in [0, 0.05) is 12.5 Å². The van der Waals surface area contributed by atoms with Gasteiger partial charge in [0.2, 0.25) is 0 Å². The summed E-state index contributed by atoms with van der Waals surface area (Å²) in [6.07, 6.45) is 1.32. The van der Waals surface area contributed by atoms with Crippen LogP contribution in [0.1, 0.15) is 13.3 Å². The highest BCUT2D eigenvalue weighted by atomic mass is 16.5. The standard InChI is InChI=1S/C8H15NO/c1-6(2)8-7(5-9)3-4-10-8/h7-8H,1,3-5,9H2,2H3. The number of nitrogens with two attached hydrogens (primary N) is 1. The molecule has 0 radical (unpaired) electrons. The predicted molar refractivity (Wildman–Crippen MR) is 41.7 cm³/mol. The molecule has 0 aromatic carbocycles. The number of rotatable bonds is 2. The molecule has 0 aromatic heterocycles. The van der Waals surface area contributed by atoms with Gasteiger partial charge in [0.25, 0.3) is 0 Å². The predicted octanol–water partition coefficient (Wildman–Crippen LogP) is 0.926. The Labute approximate surface area is 62.1 Å². The van der Waals surface area contributed by atoms with Gasteiger partial charge in [-0.2, -0.15) is 0 Å². The van der Waals surface area contributed by atoms with Crippen LogP contribution in [0.4, 0.5) is 0 Å². The third-order valence-electron chi connectivity index (χ3n) is 2.00. The molecule has 1 aliphatic heterocycles. The average molecular weight is 141 g/mol. The third kappa shape index (κ3) is 1.39. The molecule has 1 saturated heterocycles. The van der Waals surface area contributed by atoms with Crippen LogP contribution >= 0.6 is 0 Å². The molecular formula is C8H15NO. The molecule has 0 aliphatic carbocycles. The fraction of sp³-hybridized carbons (Fsp3) is 0.750. The Bertz CT molecular complexity index is 133. The van der Waals surface area contributed by atoms with E-state index >= 15 is 0 Å². The van der Waals surface area contributed by atoms with Crippen LogP contribution < -0.4 is 5.73 Å². The Kier molecular flexibility index (Phi) is 2.46. The zero-order chi connectivity index (χ0) is 7.56. The molecule has 2 nitrogen and oxygen atoms in total. The van der Waals surface area contributed by atoms with Crippen LogP contribution in [-0.4, -0.2) is 19.3 Å². The molecule has 1 heterocycles. The molecule has 2 unspecified atom stereocenters. The molecule has 10 heavy (non-hydrogen) atoms. The molecule has 0 spiro atoms. The van der Waals surface area contributed by atoms with Crippen LogP contribution in [0.2, 0.25) is 0 Å². The molecule has 58 valence electrons. The minimum Gasteiger partial charge on any atom is -0.374 e. The van der Waals surface area contributed by atoms with Gasteiger partial charge in [0.15, 0.2) is 0 Å². The summed E-state index contributed by atoms with van der Waals surface area (Å²) in [4.78, 5) is 0. The second-order valence-electron chi connectivity index (χ2n) is 2.92. The lowest BCUT2D eigenvalue weighted by Crippen LogP contribution is -2.24. The van der Waals surface area contributed by atoms with Crippen molar-refractivity contribution in [1.29, 1.82) is 0 Å². The monoisotopic (exact) mass is 141 g/mol. The topological polar surface area (TPSA) is 35.2 Å².